The van der Waals surface area contributed by atoms with Gasteiger partial charge in [-0.25, -0.2) is 13.4 Å². The van der Waals surface area contributed by atoms with Crippen LogP contribution >= 0.6 is 0 Å². The van der Waals surface area contributed by atoms with Crippen LogP contribution in [0.1, 0.15) is 26.7 Å². The summed E-state index contributed by atoms with van der Waals surface area (Å²) in [4.78, 5) is 14.3. The summed E-state index contributed by atoms with van der Waals surface area (Å²) in [6.45, 7) is 5.86. The van der Waals surface area contributed by atoms with Crippen LogP contribution in [0.3, 0.4) is 0 Å². The summed E-state index contributed by atoms with van der Waals surface area (Å²) in [5.41, 5.74) is 0.492. The highest BCUT2D eigenvalue weighted by atomic mass is 32.2. The zero-order valence-corrected chi connectivity index (χ0v) is 15.2. The van der Waals surface area contributed by atoms with E-state index in [1.807, 2.05) is 20.8 Å². The molecule has 0 unspecified atom stereocenters. The molecule has 9 heteroatoms. The molecule has 26 heavy (non-hydrogen) atoms. The van der Waals surface area contributed by atoms with Crippen molar-refractivity contribution in [3.8, 4) is 0 Å². The van der Waals surface area contributed by atoms with E-state index >= 15 is 0 Å². The van der Waals surface area contributed by atoms with Crippen LogP contribution in [0.25, 0.3) is 11.1 Å². The van der Waals surface area contributed by atoms with Crippen molar-refractivity contribution < 1.29 is 17.8 Å². The van der Waals surface area contributed by atoms with Gasteiger partial charge in [-0.3, -0.25) is 14.8 Å². The largest absolute Gasteiger partial charge is 0.440 e. The van der Waals surface area contributed by atoms with Crippen LogP contribution in [0.15, 0.2) is 51.8 Å². The zero-order chi connectivity index (χ0) is 19.1. The van der Waals surface area contributed by atoms with E-state index in [4.69, 9.17) is 4.42 Å². The van der Waals surface area contributed by atoms with E-state index < -0.39 is 25.5 Å². The molecule has 0 atom stereocenters. The highest BCUT2D eigenvalue weighted by molar-refractivity contribution is 7.92. The maximum Gasteiger partial charge on any atom is 0.289 e. The monoisotopic (exact) mass is 375 g/mol. The minimum atomic E-state index is -4.13. The third kappa shape index (κ3) is 3.38. The van der Waals surface area contributed by atoms with Crippen LogP contribution in [0.2, 0.25) is 0 Å². The van der Waals surface area contributed by atoms with Gasteiger partial charge in [0.15, 0.2) is 10.5 Å². The molecule has 0 aliphatic rings. The van der Waals surface area contributed by atoms with Crippen LogP contribution in [0, 0.1) is 10.1 Å². The molecule has 0 amide bonds. The van der Waals surface area contributed by atoms with E-state index in [9.17, 15) is 18.5 Å². The van der Waals surface area contributed by atoms with Gasteiger partial charge in [0.25, 0.3) is 15.7 Å². The van der Waals surface area contributed by atoms with Gasteiger partial charge in [0.1, 0.15) is 5.52 Å². The Morgan fingerprint density at radius 3 is 2.50 bits per heavy atom. The summed E-state index contributed by atoms with van der Waals surface area (Å²) in [6.07, 6.45) is 0. The third-order valence-electron chi connectivity index (χ3n) is 3.63. The third-order valence-corrected chi connectivity index (χ3v) is 5.06. The number of rotatable bonds is 4. The Balaban J connectivity index is 1.99. The van der Waals surface area contributed by atoms with Crippen LogP contribution < -0.4 is 4.72 Å². The molecule has 0 bridgehead atoms. The molecule has 8 nitrogen and oxygen atoms in total. The summed E-state index contributed by atoms with van der Waals surface area (Å²) >= 11 is 0. The van der Waals surface area contributed by atoms with E-state index in [1.54, 1.807) is 6.07 Å². The van der Waals surface area contributed by atoms with Crippen molar-refractivity contribution in [3.05, 3.63) is 58.5 Å². The number of benzene rings is 2. The highest BCUT2D eigenvalue weighted by Gasteiger charge is 2.26. The minimum Gasteiger partial charge on any atom is -0.440 e. The van der Waals surface area contributed by atoms with Gasteiger partial charge in [-0.1, -0.05) is 32.9 Å². The number of anilines is 1. The van der Waals surface area contributed by atoms with E-state index in [-0.39, 0.29) is 11.1 Å². The summed E-state index contributed by atoms with van der Waals surface area (Å²) in [6, 6.07) is 9.82. The average molecular weight is 375 g/mol. The Labute approximate surface area is 150 Å². The van der Waals surface area contributed by atoms with Crippen molar-refractivity contribution in [1.82, 2.24) is 4.98 Å². The first-order valence-electron chi connectivity index (χ1n) is 7.75. The van der Waals surface area contributed by atoms with Crippen molar-refractivity contribution in [2.24, 2.45) is 0 Å². The Morgan fingerprint density at radius 1 is 1.15 bits per heavy atom. The number of nitrogens with one attached hydrogen (secondary N) is 1. The van der Waals surface area contributed by atoms with Crippen LogP contribution in [0.4, 0.5) is 11.4 Å². The van der Waals surface area contributed by atoms with E-state index in [1.165, 1.54) is 30.3 Å². The van der Waals surface area contributed by atoms with Crippen LogP contribution in [0.5, 0.6) is 0 Å². The molecule has 136 valence electrons. The number of aromatic nitrogens is 1. The number of sulfonamides is 1. The molecule has 1 N–H and O–H groups in total. The molecule has 3 rings (SSSR count). The second-order valence-electron chi connectivity index (χ2n) is 6.78. The fourth-order valence-corrected chi connectivity index (χ4v) is 3.58. The number of fused-ring (bicyclic) bond motifs is 1. The minimum absolute atomic E-state index is 0.240. The van der Waals surface area contributed by atoms with Gasteiger partial charge in [-0.2, -0.15) is 0 Å². The van der Waals surface area contributed by atoms with Gasteiger partial charge >= 0.3 is 0 Å². The Bertz CT molecular complexity index is 1100. The molecule has 1 aromatic heterocycles. The Morgan fingerprint density at radius 2 is 1.85 bits per heavy atom. The summed E-state index contributed by atoms with van der Waals surface area (Å²) in [5.74, 6) is 0.534. The van der Waals surface area contributed by atoms with Crippen molar-refractivity contribution in [3.63, 3.8) is 0 Å². The van der Waals surface area contributed by atoms with Gasteiger partial charge in [0, 0.05) is 11.5 Å². The van der Waals surface area contributed by atoms with Crippen molar-refractivity contribution >= 4 is 32.5 Å². The lowest BCUT2D eigenvalue weighted by Crippen LogP contribution is -2.14. The van der Waals surface area contributed by atoms with E-state index in [0.29, 0.717) is 17.0 Å². The van der Waals surface area contributed by atoms with Gasteiger partial charge < -0.3 is 4.42 Å². The summed E-state index contributed by atoms with van der Waals surface area (Å²) in [5, 5.41) is 11.1. The fourth-order valence-electron chi connectivity index (χ4n) is 2.36. The molecule has 2 aromatic carbocycles. The first kappa shape index (κ1) is 17.9. The number of nitro groups is 1. The molecular formula is C17H17N3O5S. The maximum absolute atomic E-state index is 12.6. The molecule has 3 aromatic rings. The standard InChI is InChI=1S/C17H17N3O5S/c1-17(2,3)16-18-12-10-11(8-9-14(12)25-16)19-26(23,24)15-7-5-4-6-13(15)20(21)22/h4-10,19H,1-3H3. The zero-order valence-electron chi connectivity index (χ0n) is 14.4. The first-order chi connectivity index (χ1) is 12.1. The molecular weight excluding hydrogens is 358 g/mol. The van der Waals surface area contributed by atoms with E-state index in [2.05, 4.69) is 9.71 Å². The van der Waals surface area contributed by atoms with Gasteiger partial charge in [0.2, 0.25) is 5.89 Å². The average Bonchev–Trinajstić information content (AvgIpc) is 2.98. The quantitative estimate of drug-likeness (QED) is 0.547. The molecule has 0 saturated carbocycles. The predicted molar refractivity (Wildman–Crippen MR) is 96.6 cm³/mol. The van der Waals surface area contributed by atoms with Crippen molar-refractivity contribution in [2.45, 2.75) is 31.1 Å². The number of para-hydroxylation sites is 1. The Kier molecular flexibility index (Phi) is 4.19. The lowest BCUT2D eigenvalue weighted by molar-refractivity contribution is -0.387. The van der Waals surface area contributed by atoms with Crippen molar-refractivity contribution in [1.29, 1.82) is 0 Å². The molecule has 0 aliphatic heterocycles. The molecule has 0 aliphatic carbocycles. The lowest BCUT2D eigenvalue weighted by atomic mass is 9.97. The van der Waals surface area contributed by atoms with Crippen LogP contribution in [-0.4, -0.2) is 18.3 Å². The number of nitro benzene ring substituents is 1. The first-order valence-corrected chi connectivity index (χ1v) is 9.23. The molecule has 0 fully saturated rings. The molecule has 0 saturated heterocycles. The highest BCUT2D eigenvalue weighted by Crippen LogP contribution is 2.29. The number of nitrogens with zero attached hydrogens (tertiary/aromatic N) is 2. The smallest absolute Gasteiger partial charge is 0.289 e. The van der Waals surface area contributed by atoms with E-state index in [0.717, 1.165) is 6.07 Å². The SMILES string of the molecule is CC(C)(C)c1nc2cc(NS(=O)(=O)c3ccccc3[N+](=O)[O-])ccc2o1. The molecule has 1 heterocycles. The normalized spacial score (nSPS) is 12.3. The second-order valence-corrected chi connectivity index (χ2v) is 8.43. The fraction of sp³-hybridized carbons (Fsp3) is 0.235. The van der Waals surface area contributed by atoms with Gasteiger partial charge in [0.05, 0.1) is 10.6 Å². The van der Waals surface area contributed by atoms with Gasteiger partial charge in [-0.05, 0) is 24.3 Å². The molecule has 0 radical (unpaired) electrons. The number of hydrogen-bond acceptors (Lipinski definition) is 6. The summed E-state index contributed by atoms with van der Waals surface area (Å²) < 4.78 is 33.2. The topological polar surface area (TPSA) is 115 Å². The predicted octanol–water partition coefficient (Wildman–Crippen LogP) is 3.83. The molecule has 0 spiro atoms. The summed E-state index contributed by atoms with van der Waals surface area (Å²) in [7, 11) is -4.13. The maximum atomic E-state index is 12.6. The van der Waals surface area contributed by atoms with Crippen LogP contribution in [-0.2, 0) is 15.4 Å². The number of hydrogen-bond donors (Lipinski definition) is 1. The Hall–Kier alpha value is -2.94. The lowest BCUT2D eigenvalue weighted by Gasteiger charge is -2.11. The second kappa shape index (κ2) is 6.10. The van der Waals surface area contributed by atoms with Gasteiger partial charge in [-0.15, -0.1) is 0 Å². The number of oxazole rings is 1. The van der Waals surface area contributed by atoms with Crippen molar-refractivity contribution in [2.75, 3.05) is 4.72 Å².